The van der Waals surface area contributed by atoms with Crippen LogP contribution in [0.1, 0.15) is 24.3 Å². The van der Waals surface area contributed by atoms with Gasteiger partial charge in [0.05, 0.1) is 10.6 Å². The molecule has 2 aromatic rings. The van der Waals surface area contributed by atoms with E-state index in [1.54, 1.807) is 11.3 Å². The van der Waals surface area contributed by atoms with Gasteiger partial charge in [-0.1, -0.05) is 30.3 Å². The molecule has 0 bridgehead atoms. The van der Waals surface area contributed by atoms with Gasteiger partial charge in [-0.05, 0) is 37.1 Å². The summed E-state index contributed by atoms with van der Waals surface area (Å²) in [5.41, 5.74) is 2.04. The summed E-state index contributed by atoms with van der Waals surface area (Å²) in [6, 6.07) is 10.1. The Balaban J connectivity index is 1.50. The van der Waals surface area contributed by atoms with E-state index in [1.165, 1.54) is 31.0 Å². The Morgan fingerprint density at radius 3 is 2.67 bits per heavy atom. The molecule has 0 spiro atoms. The third-order valence-corrected chi connectivity index (χ3v) is 5.92. The van der Waals surface area contributed by atoms with E-state index < -0.39 is 0 Å². The SMILES string of the molecule is O=C1N=C(N2CCCCC2)S/C1=C/c1nc(-c2ccccc2)cs1. The number of rotatable bonds is 2. The molecule has 122 valence electrons. The predicted molar refractivity (Wildman–Crippen MR) is 101 cm³/mol. The van der Waals surface area contributed by atoms with Crippen molar-refractivity contribution in [3.8, 4) is 11.3 Å². The van der Waals surface area contributed by atoms with Crippen LogP contribution in [-0.2, 0) is 4.79 Å². The van der Waals surface area contributed by atoms with Gasteiger partial charge in [-0.25, -0.2) is 4.98 Å². The molecule has 0 N–H and O–H groups in total. The Bertz CT molecular complexity index is 805. The second-order valence-electron chi connectivity index (χ2n) is 5.79. The highest BCUT2D eigenvalue weighted by Gasteiger charge is 2.27. The first-order chi connectivity index (χ1) is 11.8. The summed E-state index contributed by atoms with van der Waals surface area (Å²) in [6.45, 7) is 2.00. The number of aliphatic imine (C=N–C) groups is 1. The molecule has 2 aliphatic heterocycles. The van der Waals surface area contributed by atoms with Crippen molar-refractivity contribution in [2.75, 3.05) is 13.1 Å². The molecule has 4 nitrogen and oxygen atoms in total. The maximum Gasteiger partial charge on any atom is 0.286 e. The number of carbonyl (C=O) groups is 1. The van der Waals surface area contributed by atoms with E-state index in [4.69, 9.17) is 0 Å². The number of piperidine rings is 1. The maximum atomic E-state index is 12.2. The minimum Gasteiger partial charge on any atom is -0.351 e. The quantitative estimate of drug-likeness (QED) is 0.755. The summed E-state index contributed by atoms with van der Waals surface area (Å²) >= 11 is 3.03. The Labute approximate surface area is 149 Å². The van der Waals surface area contributed by atoms with Gasteiger partial charge in [0.2, 0.25) is 0 Å². The summed E-state index contributed by atoms with van der Waals surface area (Å²) in [5, 5.41) is 3.73. The van der Waals surface area contributed by atoms with Crippen molar-refractivity contribution in [3.63, 3.8) is 0 Å². The molecule has 0 aliphatic carbocycles. The second kappa shape index (κ2) is 6.91. The molecule has 0 saturated carbocycles. The molecule has 1 fully saturated rings. The lowest BCUT2D eigenvalue weighted by atomic mass is 10.1. The average molecular weight is 355 g/mol. The normalized spacial score (nSPS) is 19.8. The van der Waals surface area contributed by atoms with Crippen LogP contribution in [0.2, 0.25) is 0 Å². The van der Waals surface area contributed by atoms with Gasteiger partial charge in [-0.3, -0.25) is 4.79 Å². The van der Waals surface area contributed by atoms with E-state index in [-0.39, 0.29) is 5.91 Å². The summed E-state index contributed by atoms with van der Waals surface area (Å²) in [6.07, 6.45) is 5.50. The van der Waals surface area contributed by atoms with Crippen LogP contribution >= 0.6 is 23.1 Å². The largest absolute Gasteiger partial charge is 0.351 e. The molecule has 2 aliphatic rings. The molecular formula is C18H17N3OS2. The van der Waals surface area contributed by atoms with E-state index >= 15 is 0 Å². The lowest BCUT2D eigenvalue weighted by Crippen LogP contribution is -2.33. The highest BCUT2D eigenvalue weighted by atomic mass is 32.2. The highest BCUT2D eigenvalue weighted by molar-refractivity contribution is 8.18. The standard InChI is InChI=1S/C18H17N3OS2/c22-17-15(24-18(20-17)21-9-5-2-6-10-21)11-16-19-14(12-23-16)13-7-3-1-4-8-13/h1,3-4,7-8,11-12H,2,5-6,9-10H2/b15-11+. The lowest BCUT2D eigenvalue weighted by Gasteiger charge is -2.27. The number of nitrogens with zero attached hydrogens (tertiary/aromatic N) is 3. The second-order valence-corrected chi connectivity index (χ2v) is 7.69. The molecule has 1 saturated heterocycles. The number of aromatic nitrogens is 1. The average Bonchev–Trinajstić information content (AvgIpc) is 3.24. The Kier molecular flexibility index (Phi) is 4.49. The minimum absolute atomic E-state index is 0.142. The first-order valence-electron chi connectivity index (χ1n) is 8.08. The van der Waals surface area contributed by atoms with Gasteiger partial charge < -0.3 is 4.90 Å². The van der Waals surface area contributed by atoms with E-state index in [1.807, 2.05) is 41.8 Å². The first kappa shape index (κ1) is 15.6. The molecule has 0 radical (unpaired) electrons. The number of carbonyl (C=O) groups excluding carboxylic acids is 1. The van der Waals surface area contributed by atoms with Crippen LogP contribution in [-0.4, -0.2) is 34.0 Å². The van der Waals surface area contributed by atoms with Gasteiger partial charge in [0, 0.05) is 24.0 Å². The molecule has 1 aromatic carbocycles. The van der Waals surface area contributed by atoms with Crippen molar-refractivity contribution >= 4 is 40.2 Å². The Morgan fingerprint density at radius 2 is 1.88 bits per heavy atom. The number of benzene rings is 1. The van der Waals surface area contributed by atoms with E-state index in [0.29, 0.717) is 4.91 Å². The molecule has 6 heteroatoms. The van der Waals surface area contributed by atoms with Crippen LogP contribution in [0.4, 0.5) is 0 Å². The number of likely N-dealkylation sites (tertiary alicyclic amines) is 1. The van der Waals surface area contributed by atoms with Crippen LogP contribution in [0, 0.1) is 0 Å². The summed E-state index contributed by atoms with van der Waals surface area (Å²) in [4.78, 5) is 23.9. The van der Waals surface area contributed by atoms with Crippen LogP contribution < -0.4 is 0 Å². The first-order valence-corrected chi connectivity index (χ1v) is 9.78. The summed E-state index contributed by atoms with van der Waals surface area (Å²) in [5.74, 6) is -0.142. The number of amidine groups is 1. The maximum absolute atomic E-state index is 12.2. The number of amides is 1. The third kappa shape index (κ3) is 3.30. The van der Waals surface area contributed by atoms with Gasteiger partial charge in [0.1, 0.15) is 5.01 Å². The van der Waals surface area contributed by atoms with Crippen molar-refractivity contribution in [2.24, 2.45) is 4.99 Å². The number of hydrogen-bond donors (Lipinski definition) is 0. The van der Waals surface area contributed by atoms with Gasteiger partial charge in [0.25, 0.3) is 5.91 Å². The summed E-state index contributed by atoms with van der Waals surface area (Å²) in [7, 11) is 0. The van der Waals surface area contributed by atoms with Crippen molar-refractivity contribution in [1.29, 1.82) is 0 Å². The lowest BCUT2D eigenvalue weighted by molar-refractivity contribution is -0.113. The van der Waals surface area contributed by atoms with Crippen LogP contribution in [0.5, 0.6) is 0 Å². The smallest absolute Gasteiger partial charge is 0.286 e. The molecule has 1 amide bonds. The van der Waals surface area contributed by atoms with Crippen LogP contribution in [0.25, 0.3) is 17.3 Å². The topological polar surface area (TPSA) is 45.6 Å². The molecule has 24 heavy (non-hydrogen) atoms. The van der Waals surface area contributed by atoms with Crippen molar-refractivity contribution in [1.82, 2.24) is 9.88 Å². The van der Waals surface area contributed by atoms with Crippen molar-refractivity contribution in [2.45, 2.75) is 19.3 Å². The van der Waals surface area contributed by atoms with Crippen molar-refractivity contribution < 1.29 is 4.79 Å². The van der Waals surface area contributed by atoms with Crippen LogP contribution in [0.3, 0.4) is 0 Å². The van der Waals surface area contributed by atoms with E-state index in [0.717, 1.165) is 34.5 Å². The van der Waals surface area contributed by atoms with Crippen molar-refractivity contribution in [3.05, 3.63) is 45.6 Å². The predicted octanol–water partition coefficient (Wildman–Crippen LogP) is 4.27. The van der Waals surface area contributed by atoms with E-state index in [9.17, 15) is 4.79 Å². The number of hydrogen-bond acceptors (Lipinski definition) is 5. The van der Waals surface area contributed by atoms with Gasteiger partial charge >= 0.3 is 0 Å². The fourth-order valence-corrected chi connectivity index (χ4v) is 4.60. The fraction of sp³-hybridized carbons (Fsp3) is 0.278. The number of thioether (sulfide) groups is 1. The highest BCUT2D eigenvalue weighted by Crippen LogP contribution is 2.32. The number of thiazole rings is 1. The summed E-state index contributed by atoms with van der Waals surface area (Å²) < 4.78 is 0. The molecule has 4 rings (SSSR count). The van der Waals surface area contributed by atoms with Gasteiger partial charge in [0.15, 0.2) is 5.17 Å². The Hall–Kier alpha value is -1.92. The molecule has 1 aromatic heterocycles. The zero-order valence-electron chi connectivity index (χ0n) is 13.1. The monoisotopic (exact) mass is 355 g/mol. The molecular weight excluding hydrogens is 338 g/mol. The Morgan fingerprint density at radius 1 is 1.08 bits per heavy atom. The molecule has 0 atom stereocenters. The van der Waals surface area contributed by atoms with Gasteiger partial charge in [-0.15, -0.1) is 11.3 Å². The van der Waals surface area contributed by atoms with E-state index in [2.05, 4.69) is 14.9 Å². The molecule has 3 heterocycles. The molecule has 0 unspecified atom stereocenters. The minimum atomic E-state index is -0.142. The third-order valence-electron chi connectivity index (χ3n) is 4.08. The van der Waals surface area contributed by atoms with Gasteiger partial charge in [-0.2, -0.15) is 4.99 Å². The fourth-order valence-electron chi connectivity index (χ4n) is 2.83. The van der Waals surface area contributed by atoms with Crippen LogP contribution in [0.15, 0.2) is 45.6 Å². The zero-order chi connectivity index (χ0) is 16.4. The zero-order valence-corrected chi connectivity index (χ0v) is 14.8.